The van der Waals surface area contributed by atoms with Gasteiger partial charge in [-0.1, -0.05) is 5.16 Å². The van der Waals surface area contributed by atoms with Gasteiger partial charge in [0.25, 0.3) is 5.89 Å². The van der Waals surface area contributed by atoms with Crippen LogP contribution < -0.4 is 5.32 Å². The summed E-state index contributed by atoms with van der Waals surface area (Å²) in [5, 5.41) is 16.1. The van der Waals surface area contributed by atoms with Crippen LogP contribution in [0, 0.1) is 0 Å². The molecule has 0 atom stereocenters. The molecule has 0 radical (unpaired) electrons. The van der Waals surface area contributed by atoms with E-state index < -0.39 is 0 Å². The third-order valence-electron chi connectivity index (χ3n) is 3.90. The Bertz CT molecular complexity index is 918. The highest BCUT2D eigenvalue weighted by Crippen LogP contribution is 2.29. The zero-order valence-electron chi connectivity index (χ0n) is 12.9. The Morgan fingerprint density at radius 3 is 2.71 bits per heavy atom. The number of carbonyl (C=O) groups excluding carboxylic acids is 1. The van der Waals surface area contributed by atoms with E-state index in [1.165, 1.54) is 0 Å². The lowest BCUT2D eigenvalue weighted by Crippen LogP contribution is -2.35. The van der Waals surface area contributed by atoms with E-state index in [0.29, 0.717) is 18.3 Å². The number of aromatic hydroxyl groups is 1. The zero-order valence-corrected chi connectivity index (χ0v) is 12.9. The first-order valence-corrected chi connectivity index (χ1v) is 7.39. The molecule has 24 heavy (non-hydrogen) atoms. The summed E-state index contributed by atoms with van der Waals surface area (Å²) < 4.78 is 5.35. The summed E-state index contributed by atoms with van der Waals surface area (Å²) >= 11 is 0. The highest BCUT2D eigenvalue weighted by atomic mass is 16.5. The highest BCUT2D eigenvalue weighted by Gasteiger charge is 2.20. The highest BCUT2D eigenvalue weighted by molar-refractivity contribution is 5.92. The number of amides is 2. The van der Waals surface area contributed by atoms with Crippen LogP contribution in [-0.4, -0.2) is 33.2 Å². The number of carbonyl (C=O) groups is 1. The second-order valence-corrected chi connectivity index (χ2v) is 5.63. The molecule has 0 bridgehead atoms. The number of phenolic OH excluding ortho intramolecular Hbond substituents is 1. The van der Waals surface area contributed by atoms with Crippen LogP contribution in [-0.2, 0) is 6.54 Å². The van der Waals surface area contributed by atoms with Crippen LogP contribution in [0.5, 0.6) is 5.75 Å². The van der Waals surface area contributed by atoms with E-state index >= 15 is 0 Å². The maximum absolute atomic E-state index is 11.7. The standard InChI is InChI=1S/C17H14N4O3/c1-21-9-12-8-11(4-7-14(12)18-17(21)23)16-19-15(20-24-16)10-2-5-13(22)6-3-10/h2-8,22H,9H2,1H3,(H,18,23). The summed E-state index contributed by atoms with van der Waals surface area (Å²) in [5.41, 5.74) is 3.32. The van der Waals surface area contributed by atoms with Gasteiger partial charge >= 0.3 is 6.03 Å². The van der Waals surface area contributed by atoms with Gasteiger partial charge in [-0.3, -0.25) is 0 Å². The van der Waals surface area contributed by atoms with Crippen LogP contribution in [0.2, 0.25) is 0 Å². The van der Waals surface area contributed by atoms with Gasteiger partial charge in [0.15, 0.2) is 0 Å². The smallest absolute Gasteiger partial charge is 0.321 e. The van der Waals surface area contributed by atoms with E-state index in [9.17, 15) is 9.90 Å². The van der Waals surface area contributed by atoms with E-state index in [1.807, 2.05) is 18.2 Å². The van der Waals surface area contributed by atoms with Gasteiger partial charge < -0.3 is 19.8 Å². The van der Waals surface area contributed by atoms with E-state index in [4.69, 9.17) is 4.52 Å². The average Bonchev–Trinajstić information content (AvgIpc) is 3.06. The minimum absolute atomic E-state index is 0.123. The molecule has 1 aliphatic rings. The molecule has 0 spiro atoms. The van der Waals surface area contributed by atoms with Crippen molar-refractivity contribution >= 4 is 11.7 Å². The van der Waals surface area contributed by atoms with Crippen LogP contribution >= 0.6 is 0 Å². The number of nitrogens with zero attached hydrogens (tertiary/aromatic N) is 3. The fraction of sp³-hybridized carbons (Fsp3) is 0.118. The van der Waals surface area contributed by atoms with Crippen LogP contribution in [0.15, 0.2) is 47.0 Å². The van der Waals surface area contributed by atoms with Crippen molar-refractivity contribution in [3.8, 4) is 28.6 Å². The second kappa shape index (κ2) is 5.38. The summed E-state index contributed by atoms with van der Waals surface area (Å²) in [6.07, 6.45) is 0. The third-order valence-corrected chi connectivity index (χ3v) is 3.90. The van der Waals surface area contributed by atoms with Crippen LogP contribution in [0.1, 0.15) is 5.56 Å². The monoisotopic (exact) mass is 322 g/mol. The van der Waals surface area contributed by atoms with E-state index in [2.05, 4.69) is 15.5 Å². The Balaban J connectivity index is 1.67. The van der Waals surface area contributed by atoms with Crippen molar-refractivity contribution in [2.45, 2.75) is 6.54 Å². The SMILES string of the molecule is CN1Cc2cc(-c3nc(-c4ccc(O)cc4)no3)ccc2NC1=O. The first kappa shape index (κ1) is 14.3. The molecule has 0 aliphatic carbocycles. The predicted octanol–water partition coefficient (Wildman–Crippen LogP) is 3.09. The van der Waals surface area contributed by atoms with Crippen LogP contribution in [0.3, 0.4) is 0 Å². The maximum atomic E-state index is 11.7. The number of benzene rings is 2. The normalized spacial score (nSPS) is 13.5. The molecule has 2 amide bonds. The lowest BCUT2D eigenvalue weighted by molar-refractivity contribution is 0.218. The summed E-state index contributed by atoms with van der Waals surface area (Å²) in [7, 11) is 1.74. The van der Waals surface area contributed by atoms with E-state index in [0.717, 1.165) is 22.4 Å². The van der Waals surface area contributed by atoms with Crippen molar-refractivity contribution in [2.75, 3.05) is 12.4 Å². The predicted molar refractivity (Wildman–Crippen MR) is 87.3 cm³/mol. The molecule has 1 aliphatic heterocycles. The second-order valence-electron chi connectivity index (χ2n) is 5.63. The Kier molecular flexibility index (Phi) is 3.19. The molecule has 2 aromatic carbocycles. The number of fused-ring (bicyclic) bond motifs is 1. The third kappa shape index (κ3) is 2.45. The van der Waals surface area contributed by atoms with Gasteiger partial charge in [0, 0.05) is 30.4 Å². The molecule has 0 fully saturated rings. The molecule has 7 heteroatoms. The topological polar surface area (TPSA) is 91.5 Å². The average molecular weight is 322 g/mol. The number of phenols is 1. The van der Waals surface area contributed by atoms with Gasteiger partial charge in [-0.15, -0.1) is 0 Å². The summed E-state index contributed by atoms with van der Waals surface area (Å²) in [5.74, 6) is 1.04. The Hall–Kier alpha value is -3.35. The van der Waals surface area contributed by atoms with Crippen molar-refractivity contribution in [1.29, 1.82) is 0 Å². The molecule has 0 saturated heterocycles. The number of aromatic nitrogens is 2. The van der Waals surface area contributed by atoms with Gasteiger partial charge in [-0.25, -0.2) is 4.79 Å². The molecule has 1 aromatic heterocycles. The fourth-order valence-corrected chi connectivity index (χ4v) is 2.59. The number of hydrogen-bond donors (Lipinski definition) is 2. The van der Waals surface area contributed by atoms with Gasteiger partial charge in [0.2, 0.25) is 5.82 Å². The Labute approximate surface area is 137 Å². The van der Waals surface area contributed by atoms with Crippen molar-refractivity contribution in [3.05, 3.63) is 48.0 Å². The molecule has 0 unspecified atom stereocenters. The van der Waals surface area contributed by atoms with Gasteiger partial charge in [0.1, 0.15) is 5.75 Å². The van der Waals surface area contributed by atoms with E-state index in [-0.39, 0.29) is 11.8 Å². The van der Waals surface area contributed by atoms with Gasteiger partial charge in [-0.05, 0) is 48.0 Å². The summed E-state index contributed by atoms with van der Waals surface area (Å²) in [6.45, 7) is 0.522. The Morgan fingerprint density at radius 2 is 1.92 bits per heavy atom. The number of hydrogen-bond acceptors (Lipinski definition) is 5. The van der Waals surface area contributed by atoms with Crippen LogP contribution in [0.25, 0.3) is 22.8 Å². The molecule has 0 saturated carbocycles. The van der Waals surface area contributed by atoms with Crippen molar-refractivity contribution in [2.24, 2.45) is 0 Å². The zero-order chi connectivity index (χ0) is 16.7. The molecular formula is C17H14N4O3. The number of rotatable bonds is 2. The van der Waals surface area contributed by atoms with Crippen molar-refractivity contribution in [3.63, 3.8) is 0 Å². The number of nitrogens with one attached hydrogen (secondary N) is 1. The molecular weight excluding hydrogens is 308 g/mol. The molecule has 3 aromatic rings. The molecule has 2 heterocycles. The van der Waals surface area contributed by atoms with Crippen LogP contribution in [0.4, 0.5) is 10.5 Å². The first-order chi connectivity index (χ1) is 11.6. The van der Waals surface area contributed by atoms with Gasteiger partial charge in [0.05, 0.1) is 0 Å². The lowest BCUT2D eigenvalue weighted by atomic mass is 10.1. The molecule has 4 rings (SSSR count). The lowest BCUT2D eigenvalue weighted by Gasteiger charge is -2.26. The van der Waals surface area contributed by atoms with E-state index in [1.54, 1.807) is 36.2 Å². The molecule has 120 valence electrons. The molecule has 7 nitrogen and oxygen atoms in total. The summed E-state index contributed by atoms with van der Waals surface area (Å²) in [4.78, 5) is 17.7. The van der Waals surface area contributed by atoms with Gasteiger partial charge in [-0.2, -0.15) is 4.98 Å². The summed E-state index contributed by atoms with van der Waals surface area (Å²) in [6, 6.07) is 12.1. The maximum Gasteiger partial charge on any atom is 0.321 e. The fourth-order valence-electron chi connectivity index (χ4n) is 2.59. The number of anilines is 1. The Morgan fingerprint density at radius 1 is 1.17 bits per heavy atom. The number of urea groups is 1. The minimum atomic E-state index is -0.123. The van der Waals surface area contributed by atoms with Crippen molar-refractivity contribution < 1.29 is 14.4 Å². The largest absolute Gasteiger partial charge is 0.508 e. The minimum Gasteiger partial charge on any atom is -0.508 e. The molecule has 2 N–H and O–H groups in total. The van der Waals surface area contributed by atoms with Crippen molar-refractivity contribution in [1.82, 2.24) is 15.0 Å². The first-order valence-electron chi connectivity index (χ1n) is 7.39. The quantitative estimate of drug-likeness (QED) is 0.756.